The van der Waals surface area contributed by atoms with Crippen LogP contribution in [0.15, 0.2) is 24.3 Å². The lowest BCUT2D eigenvalue weighted by Gasteiger charge is -2.35. The van der Waals surface area contributed by atoms with E-state index < -0.39 is 5.41 Å². The van der Waals surface area contributed by atoms with E-state index in [9.17, 15) is 9.59 Å². The third kappa shape index (κ3) is 4.17. The van der Waals surface area contributed by atoms with Crippen LogP contribution in [0.1, 0.15) is 56.9 Å². The summed E-state index contributed by atoms with van der Waals surface area (Å²) in [5, 5.41) is 0.625. The Hall–Kier alpha value is -1.55. The zero-order chi connectivity index (χ0) is 17.7. The minimum Gasteiger partial charge on any atom is -0.455 e. The maximum atomic E-state index is 13.0. The van der Waals surface area contributed by atoms with E-state index in [2.05, 4.69) is 0 Å². The second-order valence-electron chi connectivity index (χ2n) is 7.17. The molecule has 25 heavy (non-hydrogen) atoms. The van der Waals surface area contributed by atoms with Crippen LogP contribution in [0.2, 0.25) is 5.02 Å². The Morgan fingerprint density at radius 3 is 2.40 bits per heavy atom. The van der Waals surface area contributed by atoms with Gasteiger partial charge in [0.2, 0.25) is 0 Å². The van der Waals surface area contributed by atoms with Gasteiger partial charge >= 0.3 is 5.97 Å². The van der Waals surface area contributed by atoms with Crippen molar-refractivity contribution in [3.63, 3.8) is 0 Å². The molecule has 1 saturated carbocycles. The number of piperidine rings is 1. The Kier molecular flexibility index (Phi) is 6.00. The summed E-state index contributed by atoms with van der Waals surface area (Å²) in [4.78, 5) is 27.1. The first kappa shape index (κ1) is 18.2. The summed E-state index contributed by atoms with van der Waals surface area (Å²) in [6.07, 6.45) is 7.85. The molecular formula is C20H26ClNO3. The summed E-state index contributed by atoms with van der Waals surface area (Å²) < 4.78 is 5.52. The molecule has 0 spiro atoms. The zero-order valence-electron chi connectivity index (χ0n) is 14.6. The number of halogens is 1. The summed E-state index contributed by atoms with van der Waals surface area (Å²) in [6.45, 7) is 1.40. The Bertz CT molecular complexity index is 619. The van der Waals surface area contributed by atoms with E-state index in [4.69, 9.17) is 16.3 Å². The normalized spacial score (nSPS) is 20.1. The molecule has 4 nitrogen and oxygen atoms in total. The molecule has 1 aromatic rings. The fourth-order valence-electron chi connectivity index (χ4n) is 4.05. The van der Waals surface area contributed by atoms with Crippen molar-refractivity contribution in [2.45, 2.75) is 56.8 Å². The molecule has 0 radical (unpaired) electrons. The first-order valence-corrected chi connectivity index (χ1v) is 9.71. The van der Waals surface area contributed by atoms with E-state index in [1.165, 1.54) is 6.42 Å². The summed E-state index contributed by atoms with van der Waals surface area (Å²) >= 11 is 6.15. The maximum Gasteiger partial charge on any atom is 0.317 e. The van der Waals surface area contributed by atoms with Crippen molar-refractivity contribution < 1.29 is 14.3 Å². The minimum atomic E-state index is -0.661. The van der Waals surface area contributed by atoms with Crippen LogP contribution in [-0.2, 0) is 19.7 Å². The van der Waals surface area contributed by atoms with Crippen LogP contribution in [0.3, 0.4) is 0 Å². The molecule has 1 aliphatic carbocycles. The molecule has 2 fully saturated rings. The number of esters is 1. The topological polar surface area (TPSA) is 46.6 Å². The number of nitrogens with zero attached hydrogens (tertiary/aromatic N) is 1. The van der Waals surface area contributed by atoms with Crippen LogP contribution in [0, 0.1) is 0 Å². The Balaban J connectivity index is 1.70. The molecule has 2 aliphatic rings. The Morgan fingerprint density at radius 2 is 1.72 bits per heavy atom. The van der Waals surface area contributed by atoms with Crippen molar-refractivity contribution in [2.24, 2.45) is 0 Å². The first-order valence-electron chi connectivity index (χ1n) is 9.33. The van der Waals surface area contributed by atoms with Gasteiger partial charge in [-0.25, -0.2) is 0 Å². The number of ether oxygens (including phenoxy) is 1. The minimum absolute atomic E-state index is 0.0786. The SMILES string of the molecule is O=C(COC(=O)C1(c2cccc(Cl)c2)CCCCC1)N1CCCCC1. The molecule has 0 bridgehead atoms. The van der Waals surface area contributed by atoms with Gasteiger partial charge in [-0.15, -0.1) is 0 Å². The van der Waals surface area contributed by atoms with Gasteiger partial charge in [0, 0.05) is 18.1 Å². The predicted octanol–water partition coefficient (Wildman–Crippen LogP) is 4.10. The molecule has 1 aliphatic heterocycles. The van der Waals surface area contributed by atoms with Crippen molar-refractivity contribution in [2.75, 3.05) is 19.7 Å². The number of rotatable bonds is 4. The van der Waals surface area contributed by atoms with Gasteiger partial charge in [0.05, 0.1) is 5.41 Å². The van der Waals surface area contributed by atoms with Crippen molar-refractivity contribution >= 4 is 23.5 Å². The van der Waals surface area contributed by atoms with Crippen LogP contribution in [0.25, 0.3) is 0 Å². The first-order chi connectivity index (χ1) is 12.1. The van der Waals surface area contributed by atoms with Crippen LogP contribution in [-0.4, -0.2) is 36.5 Å². The number of amides is 1. The fourth-order valence-corrected chi connectivity index (χ4v) is 4.24. The molecule has 1 heterocycles. The number of benzene rings is 1. The average molecular weight is 364 g/mol. The number of hydrogen-bond acceptors (Lipinski definition) is 3. The summed E-state index contributed by atoms with van der Waals surface area (Å²) in [5.41, 5.74) is 0.251. The molecule has 3 rings (SSSR count). The van der Waals surface area contributed by atoms with Crippen molar-refractivity contribution in [1.82, 2.24) is 4.90 Å². The smallest absolute Gasteiger partial charge is 0.317 e. The monoisotopic (exact) mass is 363 g/mol. The third-order valence-corrected chi connectivity index (χ3v) is 5.75. The summed E-state index contributed by atoms with van der Waals surface area (Å²) in [5.74, 6) is -0.357. The molecule has 136 valence electrons. The van der Waals surface area contributed by atoms with Gasteiger partial charge < -0.3 is 9.64 Å². The highest BCUT2D eigenvalue weighted by Gasteiger charge is 2.43. The number of carbonyl (C=O) groups is 2. The molecule has 5 heteroatoms. The summed E-state index contributed by atoms with van der Waals surface area (Å²) in [6, 6.07) is 7.50. The maximum absolute atomic E-state index is 13.0. The average Bonchev–Trinajstić information content (AvgIpc) is 2.67. The molecule has 0 atom stereocenters. The standard InChI is InChI=1S/C20H26ClNO3/c21-17-9-7-8-16(14-17)20(10-3-1-4-11-20)19(24)25-15-18(23)22-12-5-2-6-13-22/h7-9,14H,1-6,10-13,15H2. The fraction of sp³-hybridized carbons (Fsp3) is 0.600. The van der Waals surface area contributed by atoms with Crippen molar-refractivity contribution in [3.05, 3.63) is 34.9 Å². The molecular weight excluding hydrogens is 338 g/mol. The molecule has 1 amide bonds. The highest BCUT2D eigenvalue weighted by molar-refractivity contribution is 6.30. The molecule has 1 saturated heterocycles. The number of carbonyl (C=O) groups excluding carboxylic acids is 2. The van der Waals surface area contributed by atoms with Gasteiger partial charge in [-0.3, -0.25) is 9.59 Å². The largest absolute Gasteiger partial charge is 0.455 e. The van der Waals surface area contributed by atoms with Gasteiger partial charge in [0.25, 0.3) is 5.91 Å². The second-order valence-corrected chi connectivity index (χ2v) is 7.61. The van der Waals surface area contributed by atoms with Gasteiger partial charge in [0.15, 0.2) is 6.61 Å². The quantitative estimate of drug-likeness (QED) is 0.756. The lowest BCUT2D eigenvalue weighted by atomic mass is 9.69. The molecule has 0 aromatic heterocycles. The summed E-state index contributed by atoms with van der Waals surface area (Å²) in [7, 11) is 0. The van der Waals surface area contributed by atoms with Crippen molar-refractivity contribution in [1.29, 1.82) is 0 Å². The highest BCUT2D eigenvalue weighted by Crippen LogP contribution is 2.41. The Morgan fingerprint density at radius 1 is 1.04 bits per heavy atom. The lowest BCUT2D eigenvalue weighted by molar-refractivity contribution is -0.158. The van der Waals surface area contributed by atoms with Gasteiger partial charge in [0.1, 0.15) is 0 Å². The Labute approximate surface area is 154 Å². The van der Waals surface area contributed by atoms with Crippen LogP contribution in [0.4, 0.5) is 0 Å². The predicted molar refractivity (Wildman–Crippen MR) is 97.6 cm³/mol. The van der Waals surface area contributed by atoms with Gasteiger partial charge in [-0.1, -0.05) is 43.0 Å². The number of hydrogen-bond donors (Lipinski definition) is 0. The van der Waals surface area contributed by atoms with E-state index in [-0.39, 0.29) is 18.5 Å². The highest BCUT2D eigenvalue weighted by atomic mass is 35.5. The second kappa shape index (κ2) is 8.22. The van der Waals surface area contributed by atoms with E-state index in [0.29, 0.717) is 5.02 Å². The zero-order valence-corrected chi connectivity index (χ0v) is 15.4. The van der Waals surface area contributed by atoms with Gasteiger partial charge in [-0.05, 0) is 49.8 Å². The van der Waals surface area contributed by atoms with Crippen LogP contribution < -0.4 is 0 Å². The van der Waals surface area contributed by atoms with Crippen LogP contribution >= 0.6 is 11.6 Å². The van der Waals surface area contributed by atoms with E-state index in [1.54, 1.807) is 0 Å². The van der Waals surface area contributed by atoms with Gasteiger partial charge in [-0.2, -0.15) is 0 Å². The van der Waals surface area contributed by atoms with Crippen LogP contribution in [0.5, 0.6) is 0 Å². The molecule has 1 aromatic carbocycles. The van der Waals surface area contributed by atoms with E-state index in [1.807, 2.05) is 29.2 Å². The third-order valence-electron chi connectivity index (χ3n) is 5.51. The lowest BCUT2D eigenvalue weighted by Crippen LogP contribution is -2.43. The van der Waals surface area contributed by atoms with E-state index in [0.717, 1.165) is 63.6 Å². The number of likely N-dealkylation sites (tertiary alicyclic amines) is 1. The van der Waals surface area contributed by atoms with E-state index >= 15 is 0 Å². The molecule has 0 unspecified atom stereocenters. The van der Waals surface area contributed by atoms with Crippen molar-refractivity contribution in [3.8, 4) is 0 Å². The molecule has 0 N–H and O–H groups in total.